The van der Waals surface area contributed by atoms with Crippen LogP contribution in [0.15, 0.2) is 36.9 Å². The van der Waals surface area contributed by atoms with Gasteiger partial charge in [-0.2, -0.15) is 0 Å². The van der Waals surface area contributed by atoms with E-state index in [2.05, 4.69) is 44.7 Å². The highest BCUT2D eigenvalue weighted by Gasteiger charge is 1.92. The molecule has 0 heteroatoms. The van der Waals surface area contributed by atoms with Crippen LogP contribution in [0.2, 0.25) is 0 Å². The molecular formula is C15H28. The molecule has 0 bridgehead atoms. The van der Waals surface area contributed by atoms with Crippen molar-refractivity contribution < 1.29 is 1.43 Å². The minimum atomic E-state index is 0. The quantitative estimate of drug-likeness (QED) is 0.570. The zero-order chi connectivity index (χ0) is 12.1. The molecule has 0 aliphatic heterocycles. The molecule has 0 saturated carbocycles. The molecule has 1 aromatic rings. The molecule has 0 aliphatic carbocycles. The SMILES string of the molecule is C=CC.CC.CCCc1ccccc1C.[HH]. The summed E-state index contributed by atoms with van der Waals surface area (Å²) in [4.78, 5) is 0. The maximum absolute atomic E-state index is 3.36. The summed E-state index contributed by atoms with van der Waals surface area (Å²) in [5, 5.41) is 0. The van der Waals surface area contributed by atoms with Crippen molar-refractivity contribution >= 4 is 0 Å². The molecule has 0 spiro atoms. The Morgan fingerprint density at radius 2 is 1.73 bits per heavy atom. The number of hydrogen-bond donors (Lipinski definition) is 0. The Bertz CT molecular complexity index is 241. The molecule has 0 fully saturated rings. The average molecular weight is 208 g/mol. The van der Waals surface area contributed by atoms with Gasteiger partial charge in [0, 0.05) is 1.43 Å². The van der Waals surface area contributed by atoms with Gasteiger partial charge in [0.05, 0.1) is 0 Å². The number of rotatable bonds is 2. The summed E-state index contributed by atoms with van der Waals surface area (Å²) in [6, 6.07) is 8.58. The first-order chi connectivity index (χ1) is 7.26. The lowest BCUT2D eigenvalue weighted by molar-refractivity contribution is 0.913. The van der Waals surface area contributed by atoms with Crippen LogP contribution < -0.4 is 0 Å². The molecule has 0 aromatic heterocycles. The van der Waals surface area contributed by atoms with Gasteiger partial charge < -0.3 is 0 Å². The molecule has 0 nitrogen and oxygen atoms in total. The third-order valence-electron chi connectivity index (χ3n) is 1.78. The Balaban J connectivity index is -0.000000246. The zero-order valence-electron chi connectivity index (χ0n) is 11.0. The third-order valence-corrected chi connectivity index (χ3v) is 1.78. The van der Waals surface area contributed by atoms with Crippen molar-refractivity contribution in [2.75, 3.05) is 0 Å². The van der Waals surface area contributed by atoms with Crippen LogP contribution in [0.3, 0.4) is 0 Å². The van der Waals surface area contributed by atoms with E-state index >= 15 is 0 Å². The Labute approximate surface area is 97.5 Å². The van der Waals surface area contributed by atoms with Crippen LogP contribution in [0.4, 0.5) is 0 Å². The van der Waals surface area contributed by atoms with E-state index in [4.69, 9.17) is 0 Å². The molecule has 0 saturated heterocycles. The second-order valence-corrected chi connectivity index (χ2v) is 3.08. The van der Waals surface area contributed by atoms with Gasteiger partial charge >= 0.3 is 0 Å². The first-order valence-electron chi connectivity index (χ1n) is 5.87. The van der Waals surface area contributed by atoms with Crippen molar-refractivity contribution in [3.05, 3.63) is 48.0 Å². The van der Waals surface area contributed by atoms with Crippen molar-refractivity contribution in [2.45, 2.75) is 47.5 Å². The minimum Gasteiger partial charge on any atom is -0.103 e. The Hall–Kier alpha value is -1.04. The van der Waals surface area contributed by atoms with E-state index in [1.165, 1.54) is 24.0 Å². The molecule has 1 rings (SSSR count). The summed E-state index contributed by atoms with van der Waals surface area (Å²) in [5.41, 5.74) is 2.91. The average Bonchev–Trinajstić information content (AvgIpc) is 2.26. The van der Waals surface area contributed by atoms with Crippen LogP contribution in [-0.2, 0) is 6.42 Å². The van der Waals surface area contributed by atoms with Gasteiger partial charge in [-0.25, -0.2) is 0 Å². The van der Waals surface area contributed by atoms with Gasteiger partial charge in [0.15, 0.2) is 0 Å². The summed E-state index contributed by atoms with van der Waals surface area (Å²) >= 11 is 0. The Morgan fingerprint density at radius 1 is 1.27 bits per heavy atom. The summed E-state index contributed by atoms with van der Waals surface area (Å²) < 4.78 is 0. The smallest absolute Gasteiger partial charge is 0 e. The number of hydrogen-bond acceptors (Lipinski definition) is 0. The number of aryl methyl sites for hydroxylation is 2. The molecule has 0 amide bonds. The lowest BCUT2D eigenvalue weighted by Gasteiger charge is -2.01. The number of benzene rings is 1. The second kappa shape index (κ2) is 13.0. The normalized spacial score (nSPS) is 7.80. The number of allylic oxidation sites excluding steroid dienone is 1. The van der Waals surface area contributed by atoms with Gasteiger partial charge in [0.25, 0.3) is 0 Å². The van der Waals surface area contributed by atoms with Crippen LogP contribution in [-0.4, -0.2) is 0 Å². The highest BCUT2D eigenvalue weighted by molar-refractivity contribution is 5.25. The van der Waals surface area contributed by atoms with Gasteiger partial charge in [0.2, 0.25) is 0 Å². The molecule has 88 valence electrons. The topological polar surface area (TPSA) is 0 Å². The summed E-state index contributed by atoms with van der Waals surface area (Å²) in [6.07, 6.45) is 4.21. The fraction of sp³-hybridized carbons (Fsp3) is 0.467. The summed E-state index contributed by atoms with van der Waals surface area (Å²) in [6.45, 7) is 13.6. The van der Waals surface area contributed by atoms with Crippen LogP contribution in [0.25, 0.3) is 0 Å². The van der Waals surface area contributed by atoms with Crippen molar-refractivity contribution in [1.82, 2.24) is 0 Å². The molecule has 0 atom stereocenters. The van der Waals surface area contributed by atoms with E-state index in [9.17, 15) is 0 Å². The Morgan fingerprint density at radius 3 is 2.13 bits per heavy atom. The van der Waals surface area contributed by atoms with E-state index in [1.807, 2.05) is 20.8 Å². The molecule has 15 heavy (non-hydrogen) atoms. The van der Waals surface area contributed by atoms with Crippen molar-refractivity contribution in [3.8, 4) is 0 Å². The van der Waals surface area contributed by atoms with Gasteiger partial charge in [-0.3, -0.25) is 0 Å². The fourth-order valence-electron chi connectivity index (χ4n) is 1.16. The van der Waals surface area contributed by atoms with Gasteiger partial charge in [0.1, 0.15) is 0 Å². The van der Waals surface area contributed by atoms with Crippen LogP contribution >= 0.6 is 0 Å². The lowest BCUT2D eigenvalue weighted by atomic mass is 10.1. The van der Waals surface area contributed by atoms with E-state index in [1.54, 1.807) is 6.08 Å². The summed E-state index contributed by atoms with van der Waals surface area (Å²) in [7, 11) is 0. The maximum atomic E-state index is 3.36. The molecule has 0 heterocycles. The fourth-order valence-corrected chi connectivity index (χ4v) is 1.16. The maximum Gasteiger partial charge on any atom is 0 e. The van der Waals surface area contributed by atoms with E-state index in [-0.39, 0.29) is 1.43 Å². The van der Waals surface area contributed by atoms with Gasteiger partial charge in [-0.1, -0.05) is 57.5 Å². The molecule has 0 unspecified atom stereocenters. The minimum absolute atomic E-state index is 0. The molecule has 0 aliphatic rings. The predicted molar refractivity (Wildman–Crippen MR) is 74.5 cm³/mol. The van der Waals surface area contributed by atoms with Crippen LogP contribution in [0.1, 0.15) is 46.7 Å². The zero-order valence-corrected chi connectivity index (χ0v) is 11.0. The third kappa shape index (κ3) is 9.27. The first-order valence-corrected chi connectivity index (χ1v) is 5.87. The van der Waals surface area contributed by atoms with Crippen molar-refractivity contribution in [3.63, 3.8) is 0 Å². The first kappa shape index (κ1) is 16.4. The molecule has 0 radical (unpaired) electrons. The van der Waals surface area contributed by atoms with E-state index in [0.29, 0.717) is 0 Å². The highest BCUT2D eigenvalue weighted by Crippen LogP contribution is 2.08. The van der Waals surface area contributed by atoms with Crippen LogP contribution in [0, 0.1) is 6.92 Å². The van der Waals surface area contributed by atoms with Crippen molar-refractivity contribution in [1.29, 1.82) is 0 Å². The lowest BCUT2D eigenvalue weighted by Crippen LogP contribution is -1.85. The van der Waals surface area contributed by atoms with E-state index < -0.39 is 0 Å². The molecule has 1 aromatic carbocycles. The van der Waals surface area contributed by atoms with Crippen LogP contribution in [0.5, 0.6) is 0 Å². The largest absolute Gasteiger partial charge is 0.103 e. The predicted octanol–water partition coefficient (Wildman–Crippen LogP) is 5.41. The highest BCUT2D eigenvalue weighted by atomic mass is 14.0. The Kier molecular flexibility index (Phi) is 14.2. The van der Waals surface area contributed by atoms with Gasteiger partial charge in [-0.05, 0) is 31.4 Å². The standard InChI is InChI=1S/C10H14.C3H6.C2H6.H2/c1-3-6-10-8-5-4-7-9(10)2;1-3-2;1-2;/h4-5,7-8H,3,6H2,1-2H3;3H,1H2,2H3;1-2H3;1H. The molecule has 0 N–H and O–H groups in total. The summed E-state index contributed by atoms with van der Waals surface area (Å²) in [5.74, 6) is 0. The monoisotopic (exact) mass is 208 g/mol. The van der Waals surface area contributed by atoms with Crippen molar-refractivity contribution in [2.24, 2.45) is 0 Å². The second-order valence-electron chi connectivity index (χ2n) is 3.08. The van der Waals surface area contributed by atoms with Gasteiger partial charge in [-0.15, -0.1) is 6.58 Å². The van der Waals surface area contributed by atoms with E-state index in [0.717, 1.165) is 0 Å². The molecular weight excluding hydrogens is 180 g/mol.